The lowest BCUT2D eigenvalue weighted by molar-refractivity contribution is -0.116. The van der Waals surface area contributed by atoms with Crippen molar-refractivity contribution in [3.63, 3.8) is 0 Å². The second-order valence-corrected chi connectivity index (χ2v) is 3.89. The average molecular weight is 260 g/mol. The Morgan fingerprint density at radius 3 is 3.00 bits per heavy atom. The highest BCUT2D eigenvalue weighted by Crippen LogP contribution is 2.23. The molecule has 1 heterocycles. The number of ether oxygens (including phenoxy) is 1. The molecule has 6 nitrogen and oxygen atoms in total. The normalized spacial score (nSPS) is 10.2. The number of nitrogens with one attached hydrogen (secondary N) is 1. The molecule has 2 rings (SSSR count). The van der Waals surface area contributed by atoms with E-state index in [2.05, 4.69) is 15.4 Å². The molecule has 0 bridgehead atoms. The summed E-state index contributed by atoms with van der Waals surface area (Å²) in [6, 6.07) is 7.38. The number of aromatic nitrogens is 3. The zero-order valence-corrected chi connectivity index (χ0v) is 10.7. The van der Waals surface area contributed by atoms with Gasteiger partial charge in [0, 0.05) is 6.42 Å². The first-order valence-corrected chi connectivity index (χ1v) is 6.13. The van der Waals surface area contributed by atoms with E-state index in [9.17, 15) is 4.79 Å². The maximum absolute atomic E-state index is 11.8. The first-order chi connectivity index (χ1) is 9.29. The molecular formula is C13H16N4O2. The molecule has 1 amide bonds. The Hall–Kier alpha value is -2.37. The number of hydrogen-bond acceptors (Lipinski definition) is 4. The molecule has 19 heavy (non-hydrogen) atoms. The topological polar surface area (TPSA) is 69.0 Å². The van der Waals surface area contributed by atoms with Crippen molar-refractivity contribution in [2.75, 3.05) is 11.9 Å². The van der Waals surface area contributed by atoms with Crippen LogP contribution in [-0.4, -0.2) is 27.3 Å². The number of amides is 1. The fourth-order valence-corrected chi connectivity index (χ4v) is 1.63. The van der Waals surface area contributed by atoms with Crippen LogP contribution in [0.5, 0.6) is 5.75 Å². The Labute approximate surface area is 111 Å². The minimum atomic E-state index is -0.0809. The molecule has 0 aliphatic carbocycles. The minimum Gasteiger partial charge on any atom is -0.492 e. The highest BCUT2D eigenvalue weighted by Gasteiger charge is 2.07. The van der Waals surface area contributed by atoms with Crippen LogP contribution in [0, 0.1) is 0 Å². The van der Waals surface area contributed by atoms with Crippen molar-refractivity contribution in [1.82, 2.24) is 14.8 Å². The molecule has 0 aliphatic rings. The van der Waals surface area contributed by atoms with Gasteiger partial charge in [-0.3, -0.25) is 9.48 Å². The van der Waals surface area contributed by atoms with Crippen LogP contribution in [0.15, 0.2) is 36.9 Å². The third-order valence-corrected chi connectivity index (χ3v) is 2.50. The fraction of sp³-hybridized carbons (Fsp3) is 0.308. The van der Waals surface area contributed by atoms with E-state index in [4.69, 9.17) is 4.74 Å². The Bertz CT molecular complexity index is 525. The van der Waals surface area contributed by atoms with Crippen LogP contribution in [0.3, 0.4) is 0 Å². The summed E-state index contributed by atoms with van der Waals surface area (Å²) in [4.78, 5) is 15.7. The summed E-state index contributed by atoms with van der Waals surface area (Å²) >= 11 is 0. The smallest absolute Gasteiger partial charge is 0.226 e. The summed E-state index contributed by atoms with van der Waals surface area (Å²) in [6.07, 6.45) is 3.37. The molecule has 6 heteroatoms. The van der Waals surface area contributed by atoms with Gasteiger partial charge in [-0.1, -0.05) is 12.1 Å². The first kappa shape index (κ1) is 13.1. The van der Waals surface area contributed by atoms with Crippen molar-refractivity contribution in [2.24, 2.45) is 0 Å². The fourth-order valence-electron chi connectivity index (χ4n) is 1.63. The monoisotopic (exact) mass is 260 g/mol. The SMILES string of the molecule is CCOc1ccccc1NC(=O)CCn1cncn1. The number of benzene rings is 1. The average Bonchev–Trinajstić information content (AvgIpc) is 2.92. The van der Waals surface area contributed by atoms with E-state index in [0.717, 1.165) is 0 Å². The summed E-state index contributed by atoms with van der Waals surface area (Å²) in [5.41, 5.74) is 0.688. The summed E-state index contributed by atoms with van der Waals surface area (Å²) < 4.78 is 7.07. The first-order valence-electron chi connectivity index (χ1n) is 6.13. The van der Waals surface area contributed by atoms with Gasteiger partial charge in [0.2, 0.25) is 5.91 Å². The van der Waals surface area contributed by atoms with Crippen LogP contribution in [0.1, 0.15) is 13.3 Å². The Kier molecular flexibility index (Phi) is 4.49. The predicted octanol–water partition coefficient (Wildman–Crippen LogP) is 1.71. The van der Waals surface area contributed by atoms with Crippen LogP contribution < -0.4 is 10.1 Å². The molecule has 0 radical (unpaired) electrons. The molecule has 0 saturated carbocycles. The van der Waals surface area contributed by atoms with E-state index in [1.165, 1.54) is 6.33 Å². The van der Waals surface area contributed by atoms with Gasteiger partial charge in [0.15, 0.2) is 0 Å². The number of nitrogens with zero attached hydrogens (tertiary/aromatic N) is 3. The quantitative estimate of drug-likeness (QED) is 0.858. The van der Waals surface area contributed by atoms with Gasteiger partial charge >= 0.3 is 0 Å². The van der Waals surface area contributed by atoms with E-state index >= 15 is 0 Å². The molecule has 1 aromatic heterocycles. The second-order valence-electron chi connectivity index (χ2n) is 3.89. The predicted molar refractivity (Wildman–Crippen MR) is 70.9 cm³/mol. The van der Waals surface area contributed by atoms with Crippen molar-refractivity contribution in [3.8, 4) is 5.75 Å². The number of hydrogen-bond donors (Lipinski definition) is 1. The van der Waals surface area contributed by atoms with Crippen molar-refractivity contribution in [2.45, 2.75) is 19.9 Å². The van der Waals surface area contributed by atoms with Crippen molar-refractivity contribution in [1.29, 1.82) is 0 Å². The third-order valence-electron chi connectivity index (χ3n) is 2.50. The summed E-state index contributed by atoms with van der Waals surface area (Å²) in [6.45, 7) is 2.97. The Morgan fingerprint density at radius 2 is 2.26 bits per heavy atom. The molecule has 2 aromatic rings. The number of anilines is 1. The van der Waals surface area contributed by atoms with Gasteiger partial charge in [-0.25, -0.2) is 4.98 Å². The van der Waals surface area contributed by atoms with Gasteiger partial charge in [0.05, 0.1) is 18.8 Å². The summed E-state index contributed by atoms with van der Waals surface area (Å²) in [5, 5.41) is 6.78. The lowest BCUT2D eigenvalue weighted by Gasteiger charge is -2.11. The molecule has 0 fully saturated rings. The summed E-state index contributed by atoms with van der Waals surface area (Å²) in [5.74, 6) is 0.599. The van der Waals surface area contributed by atoms with Crippen molar-refractivity contribution in [3.05, 3.63) is 36.9 Å². The van der Waals surface area contributed by atoms with E-state index < -0.39 is 0 Å². The molecule has 0 aliphatic heterocycles. The third kappa shape index (κ3) is 3.80. The molecule has 100 valence electrons. The van der Waals surface area contributed by atoms with Gasteiger partial charge in [-0.05, 0) is 19.1 Å². The largest absolute Gasteiger partial charge is 0.492 e. The summed E-state index contributed by atoms with van der Waals surface area (Å²) in [7, 11) is 0. The maximum atomic E-state index is 11.8. The molecule has 1 N–H and O–H groups in total. The zero-order valence-electron chi connectivity index (χ0n) is 10.7. The lowest BCUT2D eigenvalue weighted by atomic mass is 10.2. The second kappa shape index (κ2) is 6.53. The zero-order chi connectivity index (χ0) is 13.5. The van der Waals surface area contributed by atoms with Crippen LogP contribution >= 0.6 is 0 Å². The van der Waals surface area contributed by atoms with Crippen LogP contribution in [-0.2, 0) is 11.3 Å². The highest BCUT2D eigenvalue weighted by molar-refractivity contribution is 5.92. The van der Waals surface area contributed by atoms with Gasteiger partial charge < -0.3 is 10.1 Å². The maximum Gasteiger partial charge on any atom is 0.226 e. The molecule has 1 aromatic carbocycles. The number of para-hydroxylation sites is 2. The Morgan fingerprint density at radius 1 is 1.42 bits per heavy atom. The van der Waals surface area contributed by atoms with Crippen molar-refractivity contribution >= 4 is 11.6 Å². The highest BCUT2D eigenvalue weighted by atomic mass is 16.5. The van der Waals surface area contributed by atoms with Gasteiger partial charge in [0.25, 0.3) is 0 Å². The molecule has 0 saturated heterocycles. The minimum absolute atomic E-state index is 0.0809. The van der Waals surface area contributed by atoms with E-state index in [-0.39, 0.29) is 5.91 Å². The van der Waals surface area contributed by atoms with E-state index in [1.54, 1.807) is 11.0 Å². The van der Waals surface area contributed by atoms with E-state index in [1.807, 2.05) is 31.2 Å². The number of rotatable bonds is 6. The van der Waals surface area contributed by atoms with E-state index in [0.29, 0.717) is 31.0 Å². The molecule has 0 atom stereocenters. The van der Waals surface area contributed by atoms with Gasteiger partial charge in [-0.15, -0.1) is 0 Å². The molecule has 0 unspecified atom stereocenters. The standard InChI is InChI=1S/C13H16N4O2/c1-2-19-12-6-4-3-5-11(12)16-13(18)7-8-17-10-14-9-15-17/h3-6,9-10H,2,7-8H2,1H3,(H,16,18). The van der Waals surface area contributed by atoms with Crippen molar-refractivity contribution < 1.29 is 9.53 Å². The lowest BCUT2D eigenvalue weighted by Crippen LogP contribution is -2.15. The molecular weight excluding hydrogens is 244 g/mol. The van der Waals surface area contributed by atoms with Gasteiger partial charge in [-0.2, -0.15) is 5.10 Å². The Balaban J connectivity index is 1.91. The van der Waals surface area contributed by atoms with Crippen LogP contribution in [0.4, 0.5) is 5.69 Å². The number of carbonyl (C=O) groups is 1. The molecule has 0 spiro atoms. The van der Waals surface area contributed by atoms with Crippen LogP contribution in [0.2, 0.25) is 0 Å². The number of carbonyl (C=O) groups excluding carboxylic acids is 1. The number of aryl methyl sites for hydroxylation is 1. The van der Waals surface area contributed by atoms with Crippen LogP contribution in [0.25, 0.3) is 0 Å². The van der Waals surface area contributed by atoms with Gasteiger partial charge in [0.1, 0.15) is 18.4 Å².